The maximum absolute atomic E-state index is 13.2. The monoisotopic (exact) mass is 407 g/mol. The van der Waals surface area contributed by atoms with E-state index >= 15 is 0 Å². The van der Waals surface area contributed by atoms with E-state index in [4.69, 9.17) is 4.98 Å². The Morgan fingerprint density at radius 1 is 1.10 bits per heavy atom. The number of nitrogens with zero attached hydrogens (tertiary/aromatic N) is 3. The molecule has 1 aliphatic heterocycles. The standard InChI is InChI=1S/C23H25N3O2S/c1-16-9-11-18(12-10-16)15-26-22(28)19-7-3-4-8-20(19)24-23(26)29-17(2)21(27)25-13-5-6-14-25/h3-4,7-12,17H,5-6,13-15H2,1-2H3/t17-/m1/s1. The molecule has 0 spiro atoms. The van der Waals surface area contributed by atoms with Crippen molar-refractivity contribution in [3.63, 3.8) is 0 Å². The second-order valence-electron chi connectivity index (χ2n) is 7.58. The normalized spacial score (nSPS) is 15.0. The number of fused-ring (bicyclic) bond motifs is 1. The first kappa shape index (κ1) is 19.7. The van der Waals surface area contributed by atoms with Gasteiger partial charge in [-0.2, -0.15) is 0 Å². The van der Waals surface area contributed by atoms with E-state index in [-0.39, 0.29) is 16.7 Å². The topological polar surface area (TPSA) is 55.2 Å². The van der Waals surface area contributed by atoms with Crippen LogP contribution in [0.5, 0.6) is 0 Å². The van der Waals surface area contributed by atoms with Gasteiger partial charge < -0.3 is 4.90 Å². The molecule has 1 atom stereocenters. The third kappa shape index (κ3) is 4.22. The minimum absolute atomic E-state index is 0.0699. The largest absolute Gasteiger partial charge is 0.342 e. The Morgan fingerprint density at radius 2 is 1.79 bits per heavy atom. The van der Waals surface area contributed by atoms with Gasteiger partial charge in [-0.3, -0.25) is 14.2 Å². The second kappa shape index (κ2) is 8.41. The summed E-state index contributed by atoms with van der Waals surface area (Å²) < 4.78 is 1.70. The van der Waals surface area contributed by atoms with Crippen molar-refractivity contribution in [3.05, 3.63) is 70.0 Å². The molecular weight excluding hydrogens is 382 g/mol. The SMILES string of the molecule is Cc1ccc(Cn2c(S[C@H](C)C(=O)N3CCCC3)nc3ccccc3c2=O)cc1. The third-order valence-electron chi connectivity index (χ3n) is 5.34. The summed E-state index contributed by atoms with van der Waals surface area (Å²) in [6.45, 7) is 6.03. The Morgan fingerprint density at radius 3 is 2.52 bits per heavy atom. The molecule has 1 aromatic heterocycles. The second-order valence-corrected chi connectivity index (χ2v) is 8.89. The molecule has 29 heavy (non-hydrogen) atoms. The quantitative estimate of drug-likeness (QED) is 0.476. The summed E-state index contributed by atoms with van der Waals surface area (Å²) in [5.41, 5.74) is 2.81. The van der Waals surface area contributed by atoms with Crippen molar-refractivity contribution < 1.29 is 4.79 Å². The molecule has 0 aliphatic carbocycles. The lowest BCUT2D eigenvalue weighted by Crippen LogP contribution is -2.34. The van der Waals surface area contributed by atoms with Gasteiger partial charge in [-0.25, -0.2) is 4.98 Å². The van der Waals surface area contributed by atoms with Crippen LogP contribution in [0, 0.1) is 6.92 Å². The molecule has 1 fully saturated rings. The number of hydrogen-bond acceptors (Lipinski definition) is 4. The fourth-order valence-corrected chi connectivity index (χ4v) is 4.65. The highest BCUT2D eigenvalue weighted by molar-refractivity contribution is 8.00. The number of hydrogen-bond donors (Lipinski definition) is 0. The first-order valence-corrected chi connectivity index (χ1v) is 10.9. The number of aryl methyl sites for hydroxylation is 1. The minimum atomic E-state index is -0.287. The first-order valence-electron chi connectivity index (χ1n) is 10.0. The smallest absolute Gasteiger partial charge is 0.262 e. The highest BCUT2D eigenvalue weighted by Gasteiger charge is 2.25. The van der Waals surface area contributed by atoms with Crippen LogP contribution in [-0.4, -0.2) is 38.7 Å². The minimum Gasteiger partial charge on any atom is -0.342 e. The summed E-state index contributed by atoms with van der Waals surface area (Å²) in [7, 11) is 0. The summed E-state index contributed by atoms with van der Waals surface area (Å²) in [5.74, 6) is 0.122. The third-order valence-corrected chi connectivity index (χ3v) is 6.41. The fraction of sp³-hybridized carbons (Fsp3) is 0.348. The van der Waals surface area contributed by atoms with E-state index in [2.05, 4.69) is 0 Å². The number of aromatic nitrogens is 2. The van der Waals surface area contributed by atoms with Gasteiger partial charge >= 0.3 is 0 Å². The zero-order valence-electron chi connectivity index (χ0n) is 16.8. The summed E-state index contributed by atoms with van der Waals surface area (Å²) in [4.78, 5) is 32.7. The number of rotatable bonds is 5. The number of benzene rings is 2. The van der Waals surface area contributed by atoms with Gasteiger partial charge in [0, 0.05) is 13.1 Å². The maximum Gasteiger partial charge on any atom is 0.262 e. The summed E-state index contributed by atoms with van der Waals surface area (Å²) in [6, 6.07) is 15.5. The lowest BCUT2D eigenvalue weighted by molar-refractivity contribution is -0.129. The van der Waals surface area contributed by atoms with Gasteiger partial charge in [0.2, 0.25) is 5.91 Å². The number of likely N-dealkylation sites (tertiary alicyclic amines) is 1. The summed E-state index contributed by atoms with van der Waals surface area (Å²) in [6.07, 6.45) is 2.13. The van der Waals surface area contributed by atoms with Gasteiger partial charge in [-0.1, -0.05) is 53.7 Å². The van der Waals surface area contributed by atoms with Crippen molar-refractivity contribution >= 4 is 28.6 Å². The molecule has 150 valence electrons. The average Bonchev–Trinajstić information content (AvgIpc) is 3.26. The Kier molecular flexibility index (Phi) is 5.72. The lowest BCUT2D eigenvalue weighted by Gasteiger charge is -2.21. The van der Waals surface area contributed by atoms with Gasteiger partial charge in [-0.15, -0.1) is 0 Å². The molecule has 2 heterocycles. The van der Waals surface area contributed by atoms with Crippen LogP contribution in [-0.2, 0) is 11.3 Å². The molecule has 5 nitrogen and oxygen atoms in total. The predicted molar refractivity (Wildman–Crippen MR) is 117 cm³/mol. The number of para-hydroxylation sites is 1. The van der Waals surface area contributed by atoms with Crippen LogP contribution in [0.4, 0.5) is 0 Å². The van der Waals surface area contributed by atoms with Crippen LogP contribution < -0.4 is 5.56 Å². The van der Waals surface area contributed by atoms with E-state index in [9.17, 15) is 9.59 Å². The van der Waals surface area contributed by atoms with E-state index in [1.54, 1.807) is 4.57 Å². The van der Waals surface area contributed by atoms with Crippen molar-refractivity contribution in [2.24, 2.45) is 0 Å². The van der Waals surface area contributed by atoms with Gasteiger partial charge in [0.25, 0.3) is 5.56 Å². The van der Waals surface area contributed by atoms with Crippen LogP contribution in [0.25, 0.3) is 10.9 Å². The molecule has 6 heteroatoms. The molecular formula is C23H25N3O2S. The van der Waals surface area contributed by atoms with Crippen molar-refractivity contribution in [1.82, 2.24) is 14.5 Å². The molecule has 4 rings (SSSR count). The van der Waals surface area contributed by atoms with E-state index in [1.165, 1.54) is 17.3 Å². The molecule has 3 aromatic rings. The van der Waals surface area contributed by atoms with Gasteiger partial charge in [0.1, 0.15) is 0 Å². The molecule has 0 saturated carbocycles. The Labute approximate surface area is 174 Å². The van der Waals surface area contributed by atoms with E-state index in [0.717, 1.165) is 31.5 Å². The molecule has 0 N–H and O–H groups in total. The first-order chi connectivity index (χ1) is 14.0. The highest BCUT2D eigenvalue weighted by atomic mass is 32.2. The highest BCUT2D eigenvalue weighted by Crippen LogP contribution is 2.25. The maximum atomic E-state index is 13.2. The Bertz CT molecular complexity index is 1090. The number of carbonyl (C=O) groups is 1. The zero-order chi connectivity index (χ0) is 20.4. The van der Waals surface area contributed by atoms with Gasteiger partial charge in [0.15, 0.2) is 5.16 Å². The number of carbonyl (C=O) groups excluding carboxylic acids is 1. The fourth-order valence-electron chi connectivity index (χ4n) is 3.66. The van der Waals surface area contributed by atoms with Gasteiger partial charge in [-0.05, 0) is 44.4 Å². The average molecular weight is 408 g/mol. The summed E-state index contributed by atoms with van der Waals surface area (Å²) >= 11 is 1.38. The van der Waals surface area contributed by atoms with E-state index in [0.29, 0.717) is 22.6 Å². The number of thioether (sulfide) groups is 1. The van der Waals surface area contributed by atoms with E-state index < -0.39 is 0 Å². The van der Waals surface area contributed by atoms with Crippen molar-refractivity contribution in [2.75, 3.05) is 13.1 Å². The molecule has 2 aromatic carbocycles. The van der Waals surface area contributed by atoms with Crippen molar-refractivity contribution in [3.8, 4) is 0 Å². The van der Waals surface area contributed by atoms with Crippen LogP contribution in [0.2, 0.25) is 0 Å². The van der Waals surface area contributed by atoms with Crippen LogP contribution in [0.15, 0.2) is 58.5 Å². The van der Waals surface area contributed by atoms with Crippen LogP contribution in [0.3, 0.4) is 0 Å². The van der Waals surface area contributed by atoms with Gasteiger partial charge in [0.05, 0.1) is 22.7 Å². The Balaban J connectivity index is 1.71. The predicted octanol–water partition coefficient (Wildman–Crippen LogP) is 3.86. The van der Waals surface area contributed by atoms with Crippen molar-refractivity contribution in [1.29, 1.82) is 0 Å². The molecule has 1 saturated heterocycles. The van der Waals surface area contributed by atoms with E-state index in [1.807, 2.05) is 67.3 Å². The molecule has 1 amide bonds. The summed E-state index contributed by atoms with van der Waals surface area (Å²) in [5, 5.41) is 0.905. The zero-order valence-corrected chi connectivity index (χ0v) is 17.6. The molecule has 1 aliphatic rings. The number of amides is 1. The van der Waals surface area contributed by atoms with Crippen molar-refractivity contribution in [2.45, 2.75) is 43.6 Å². The van der Waals surface area contributed by atoms with Crippen LogP contribution in [0.1, 0.15) is 30.9 Å². The lowest BCUT2D eigenvalue weighted by atomic mass is 10.1. The van der Waals surface area contributed by atoms with Crippen LogP contribution >= 0.6 is 11.8 Å². The molecule has 0 unspecified atom stereocenters. The molecule has 0 radical (unpaired) electrons. The molecule has 0 bridgehead atoms. The Hall–Kier alpha value is -2.60.